The van der Waals surface area contributed by atoms with Crippen LogP contribution in [0.15, 0.2) is 38.9 Å². The van der Waals surface area contributed by atoms with E-state index in [1.807, 2.05) is 4.98 Å². The smallest absolute Gasteiger partial charge is 0.394 e. The van der Waals surface area contributed by atoms with Crippen LogP contribution >= 0.6 is 11.8 Å². The predicted molar refractivity (Wildman–Crippen MR) is 102 cm³/mol. The molecular weight excluding hydrogens is 430 g/mol. The first-order valence-corrected chi connectivity index (χ1v) is 9.43. The molecule has 0 saturated carbocycles. The zero-order chi connectivity index (χ0) is 22.1. The number of aliphatic hydroxyl groups is 1. The SMILES string of the molecule is CO[C@@H](CO)CSc1c(-c2ccc(F)cn2)c(C(F)(F)F)cc2c(=O)[nH]c(=O)[nH]c12. The van der Waals surface area contributed by atoms with E-state index in [-0.39, 0.29) is 27.2 Å². The number of aliphatic hydroxyl groups excluding tert-OH is 1. The molecule has 0 aliphatic heterocycles. The standard InChI is InChI=1S/C18H15F4N3O4S/c1-29-9(6-26)7-30-15-13(12-3-2-8(19)5-23-12)11(18(20,21)22)4-10-14(15)24-17(28)25-16(10)27/h2-5,9,26H,6-7H2,1H3,(H2,24,25,27,28)/t9-/m0/s1. The summed E-state index contributed by atoms with van der Waals surface area (Å²) >= 11 is 0.839. The Bertz CT molecular complexity index is 1170. The Kier molecular flexibility index (Phi) is 6.29. The number of ether oxygens (including phenoxy) is 1. The number of hydrogen-bond acceptors (Lipinski definition) is 6. The van der Waals surface area contributed by atoms with E-state index in [4.69, 9.17) is 4.74 Å². The van der Waals surface area contributed by atoms with E-state index in [1.54, 1.807) is 0 Å². The quantitative estimate of drug-likeness (QED) is 0.398. The molecule has 0 spiro atoms. The van der Waals surface area contributed by atoms with Crippen LogP contribution in [0.4, 0.5) is 17.6 Å². The highest BCUT2D eigenvalue weighted by Crippen LogP contribution is 2.44. The first kappa shape index (κ1) is 22.0. The highest BCUT2D eigenvalue weighted by atomic mass is 32.2. The van der Waals surface area contributed by atoms with Crippen LogP contribution in [0.25, 0.3) is 22.2 Å². The van der Waals surface area contributed by atoms with Gasteiger partial charge in [-0.1, -0.05) is 0 Å². The molecule has 0 aliphatic rings. The van der Waals surface area contributed by atoms with Gasteiger partial charge in [-0.3, -0.25) is 14.8 Å². The van der Waals surface area contributed by atoms with Crippen LogP contribution in [0.3, 0.4) is 0 Å². The fraction of sp³-hybridized carbons (Fsp3) is 0.278. The summed E-state index contributed by atoms with van der Waals surface area (Å²) in [4.78, 5) is 31.9. The number of aromatic amines is 2. The van der Waals surface area contributed by atoms with Crippen molar-refractivity contribution in [2.75, 3.05) is 19.5 Å². The normalized spacial score (nSPS) is 13.0. The third-order valence-corrected chi connectivity index (χ3v) is 5.47. The van der Waals surface area contributed by atoms with Gasteiger partial charge in [0.1, 0.15) is 5.82 Å². The van der Waals surface area contributed by atoms with Crippen molar-refractivity contribution in [3.63, 3.8) is 0 Å². The number of halogens is 4. The molecule has 0 unspecified atom stereocenters. The Hall–Kier alpha value is -2.70. The van der Waals surface area contributed by atoms with E-state index in [0.29, 0.717) is 6.07 Å². The number of nitrogens with zero attached hydrogens (tertiary/aromatic N) is 1. The van der Waals surface area contributed by atoms with Gasteiger partial charge < -0.3 is 14.8 Å². The van der Waals surface area contributed by atoms with Crippen LogP contribution in [0, 0.1) is 5.82 Å². The van der Waals surface area contributed by atoms with Gasteiger partial charge in [0.2, 0.25) is 0 Å². The molecule has 30 heavy (non-hydrogen) atoms. The van der Waals surface area contributed by atoms with Gasteiger partial charge in [0.25, 0.3) is 5.56 Å². The van der Waals surface area contributed by atoms with Crippen molar-refractivity contribution in [2.45, 2.75) is 17.2 Å². The fourth-order valence-electron chi connectivity index (χ4n) is 2.79. The van der Waals surface area contributed by atoms with Gasteiger partial charge in [-0.05, 0) is 18.2 Å². The minimum Gasteiger partial charge on any atom is -0.394 e. The molecule has 1 aromatic carbocycles. The van der Waals surface area contributed by atoms with Crippen LogP contribution in [0.2, 0.25) is 0 Å². The van der Waals surface area contributed by atoms with Gasteiger partial charge >= 0.3 is 11.9 Å². The molecule has 1 atom stereocenters. The number of nitrogens with one attached hydrogen (secondary N) is 2. The van der Waals surface area contributed by atoms with Crippen molar-refractivity contribution in [2.24, 2.45) is 0 Å². The second-order valence-electron chi connectivity index (χ2n) is 6.17. The lowest BCUT2D eigenvalue weighted by Crippen LogP contribution is -2.24. The lowest BCUT2D eigenvalue weighted by atomic mass is 10.0. The fourth-order valence-corrected chi connectivity index (χ4v) is 4.05. The topological polar surface area (TPSA) is 108 Å². The number of fused-ring (bicyclic) bond motifs is 1. The van der Waals surface area contributed by atoms with E-state index in [2.05, 4.69) is 9.97 Å². The highest BCUT2D eigenvalue weighted by Gasteiger charge is 2.37. The van der Waals surface area contributed by atoms with Crippen molar-refractivity contribution in [3.05, 3.63) is 56.6 Å². The molecule has 2 aromatic heterocycles. The largest absolute Gasteiger partial charge is 0.417 e. The summed E-state index contributed by atoms with van der Waals surface area (Å²) in [6, 6.07) is 2.64. The third kappa shape index (κ3) is 4.40. The number of methoxy groups -OCH3 is 1. The van der Waals surface area contributed by atoms with Gasteiger partial charge in [0.05, 0.1) is 41.1 Å². The van der Waals surface area contributed by atoms with Crippen LogP contribution in [0.1, 0.15) is 5.56 Å². The van der Waals surface area contributed by atoms with E-state index >= 15 is 0 Å². The molecule has 0 aliphatic carbocycles. The zero-order valence-electron chi connectivity index (χ0n) is 15.3. The average Bonchev–Trinajstić information content (AvgIpc) is 2.68. The number of benzene rings is 1. The molecule has 160 valence electrons. The minimum absolute atomic E-state index is 0.00638. The first-order chi connectivity index (χ1) is 14.2. The van der Waals surface area contributed by atoms with E-state index < -0.39 is 47.1 Å². The lowest BCUT2D eigenvalue weighted by molar-refractivity contribution is -0.137. The Morgan fingerprint density at radius 3 is 2.57 bits per heavy atom. The maximum absolute atomic E-state index is 13.9. The molecule has 7 nitrogen and oxygen atoms in total. The molecular formula is C18H15F4N3O4S. The number of thioether (sulfide) groups is 1. The van der Waals surface area contributed by atoms with Crippen LogP contribution in [-0.2, 0) is 10.9 Å². The number of alkyl halides is 3. The van der Waals surface area contributed by atoms with Gasteiger partial charge in [0, 0.05) is 23.3 Å². The summed E-state index contributed by atoms with van der Waals surface area (Å²) < 4.78 is 60.1. The number of hydrogen-bond donors (Lipinski definition) is 3. The number of H-pyrrole nitrogens is 2. The molecule has 12 heteroatoms. The van der Waals surface area contributed by atoms with Crippen molar-refractivity contribution in [1.29, 1.82) is 0 Å². The summed E-state index contributed by atoms with van der Waals surface area (Å²) in [6.45, 7) is -0.401. The Labute approximate surface area is 170 Å². The van der Waals surface area contributed by atoms with Crippen molar-refractivity contribution < 1.29 is 27.4 Å². The molecule has 0 bridgehead atoms. The van der Waals surface area contributed by atoms with Gasteiger partial charge in [-0.25, -0.2) is 9.18 Å². The first-order valence-electron chi connectivity index (χ1n) is 8.44. The number of rotatable bonds is 6. The van der Waals surface area contributed by atoms with Crippen LogP contribution in [-0.4, -0.2) is 45.6 Å². The summed E-state index contributed by atoms with van der Waals surface area (Å²) in [5.41, 5.74) is -3.83. The van der Waals surface area contributed by atoms with Gasteiger partial charge in [-0.15, -0.1) is 11.8 Å². The molecule has 0 saturated heterocycles. The Balaban J connectivity index is 2.41. The number of aromatic nitrogens is 3. The summed E-state index contributed by atoms with van der Waals surface area (Å²) in [6.07, 6.45) is -4.84. The summed E-state index contributed by atoms with van der Waals surface area (Å²) in [5, 5.41) is 8.94. The van der Waals surface area contributed by atoms with E-state index in [9.17, 15) is 32.3 Å². The minimum atomic E-state index is -4.88. The van der Waals surface area contributed by atoms with E-state index in [1.165, 1.54) is 7.11 Å². The molecule has 0 fully saturated rings. The highest BCUT2D eigenvalue weighted by molar-refractivity contribution is 7.99. The monoisotopic (exact) mass is 445 g/mol. The second-order valence-corrected chi connectivity index (χ2v) is 7.20. The van der Waals surface area contributed by atoms with Gasteiger partial charge in [0.15, 0.2) is 0 Å². The van der Waals surface area contributed by atoms with Crippen molar-refractivity contribution >= 4 is 22.7 Å². The molecule has 3 aromatic rings. The summed E-state index contributed by atoms with van der Waals surface area (Å²) in [5.74, 6) is -0.737. The molecule has 3 N–H and O–H groups in total. The maximum atomic E-state index is 13.9. The molecule has 0 amide bonds. The van der Waals surface area contributed by atoms with Crippen molar-refractivity contribution in [1.82, 2.24) is 15.0 Å². The second kappa shape index (κ2) is 8.58. The molecule has 3 rings (SSSR count). The predicted octanol–water partition coefficient (Wildman–Crippen LogP) is 2.54. The van der Waals surface area contributed by atoms with Crippen molar-refractivity contribution in [3.8, 4) is 11.3 Å². The lowest BCUT2D eigenvalue weighted by Gasteiger charge is -2.20. The Morgan fingerprint density at radius 2 is 2.00 bits per heavy atom. The third-order valence-electron chi connectivity index (χ3n) is 4.23. The summed E-state index contributed by atoms with van der Waals surface area (Å²) in [7, 11) is 1.32. The van der Waals surface area contributed by atoms with Crippen LogP contribution < -0.4 is 11.2 Å². The van der Waals surface area contributed by atoms with Gasteiger partial charge in [-0.2, -0.15) is 13.2 Å². The Morgan fingerprint density at radius 1 is 1.27 bits per heavy atom. The van der Waals surface area contributed by atoms with E-state index in [0.717, 1.165) is 30.1 Å². The van der Waals surface area contributed by atoms with Crippen LogP contribution in [0.5, 0.6) is 0 Å². The molecule has 0 radical (unpaired) electrons. The molecule has 2 heterocycles. The maximum Gasteiger partial charge on any atom is 0.417 e. The average molecular weight is 445 g/mol. The zero-order valence-corrected chi connectivity index (χ0v) is 16.2. The number of pyridine rings is 1.